The van der Waals surface area contributed by atoms with Crippen molar-refractivity contribution in [3.05, 3.63) is 35.6 Å². The summed E-state index contributed by atoms with van der Waals surface area (Å²) in [6.07, 6.45) is 2.70. The van der Waals surface area contributed by atoms with E-state index < -0.39 is 0 Å². The number of thioether (sulfide) groups is 1. The molecule has 1 fully saturated rings. The van der Waals surface area contributed by atoms with Crippen molar-refractivity contribution >= 4 is 17.7 Å². The second-order valence-corrected chi connectivity index (χ2v) is 5.59. The predicted octanol–water partition coefficient (Wildman–Crippen LogP) is 3.07. The van der Waals surface area contributed by atoms with Crippen LogP contribution in [0.3, 0.4) is 0 Å². The lowest BCUT2D eigenvalue weighted by Crippen LogP contribution is -2.25. The van der Waals surface area contributed by atoms with Crippen LogP contribution in [0.25, 0.3) is 0 Å². The van der Waals surface area contributed by atoms with Crippen molar-refractivity contribution in [1.82, 2.24) is 4.90 Å². The van der Waals surface area contributed by atoms with E-state index in [1.807, 2.05) is 17.0 Å². The maximum atomic E-state index is 13.3. The molecule has 0 unspecified atom stereocenters. The lowest BCUT2D eigenvalue weighted by Gasteiger charge is -2.14. The molecular weight excluding hydrogens is 249 g/mol. The van der Waals surface area contributed by atoms with Crippen molar-refractivity contribution in [2.24, 2.45) is 0 Å². The minimum absolute atomic E-state index is 0.125. The molecule has 0 N–H and O–H groups in total. The number of benzene rings is 1. The van der Waals surface area contributed by atoms with E-state index in [1.54, 1.807) is 17.8 Å². The van der Waals surface area contributed by atoms with Crippen LogP contribution >= 0.6 is 11.8 Å². The Hall–Kier alpha value is -1.03. The summed E-state index contributed by atoms with van der Waals surface area (Å²) >= 11 is 1.73. The van der Waals surface area contributed by atoms with Gasteiger partial charge in [-0.15, -0.1) is 0 Å². The number of hydrogen-bond donors (Lipinski definition) is 0. The molecule has 1 amide bonds. The summed E-state index contributed by atoms with van der Waals surface area (Å²) in [6.45, 7) is 1.76. The van der Waals surface area contributed by atoms with Crippen LogP contribution in [0.2, 0.25) is 0 Å². The minimum atomic E-state index is -0.125. The summed E-state index contributed by atoms with van der Waals surface area (Å²) < 4.78 is 13.3. The molecule has 0 bridgehead atoms. The molecule has 1 saturated heterocycles. The molecular formula is C14H18FNOS. The normalized spacial score (nSPS) is 15.4. The number of carbonyl (C=O) groups is 1. The summed E-state index contributed by atoms with van der Waals surface area (Å²) in [5, 5.41) is 0. The molecule has 0 atom stereocenters. The zero-order valence-electron chi connectivity index (χ0n) is 10.4. The minimum Gasteiger partial charge on any atom is -0.343 e. The Labute approximate surface area is 112 Å². The lowest BCUT2D eigenvalue weighted by atomic mass is 10.2. The Bertz CT molecular complexity index is 411. The number of likely N-dealkylation sites (tertiary alicyclic amines) is 1. The number of halogens is 1. The summed E-state index contributed by atoms with van der Waals surface area (Å²) in [5.74, 6) is 1.84. The highest BCUT2D eigenvalue weighted by Gasteiger charge is 2.18. The Balaban J connectivity index is 1.62. The molecule has 18 heavy (non-hydrogen) atoms. The van der Waals surface area contributed by atoms with Gasteiger partial charge in [0.05, 0.1) is 0 Å². The van der Waals surface area contributed by atoms with Crippen LogP contribution in [0, 0.1) is 5.82 Å². The van der Waals surface area contributed by atoms with E-state index >= 15 is 0 Å². The number of rotatable bonds is 6. The third-order valence-corrected chi connectivity index (χ3v) is 4.20. The molecule has 0 aliphatic carbocycles. The lowest BCUT2D eigenvalue weighted by molar-refractivity contribution is -0.127. The van der Waals surface area contributed by atoms with E-state index in [4.69, 9.17) is 0 Å². The molecule has 98 valence electrons. The maximum absolute atomic E-state index is 13.3. The van der Waals surface area contributed by atoms with Crippen LogP contribution < -0.4 is 0 Å². The van der Waals surface area contributed by atoms with Gasteiger partial charge in [0.25, 0.3) is 0 Å². The van der Waals surface area contributed by atoms with E-state index in [9.17, 15) is 9.18 Å². The summed E-state index contributed by atoms with van der Waals surface area (Å²) in [4.78, 5) is 13.3. The van der Waals surface area contributed by atoms with E-state index in [-0.39, 0.29) is 11.7 Å². The van der Waals surface area contributed by atoms with Crippen LogP contribution in [0.1, 0.15) is 24.8 Å². The van der Waals surface area contributed by atoms with Crippen LogP contribution in [0.4, 0.5) is 4.39 Å². The van der Waals surface area contributed by atoms with Crippen molar-refractivity contribution in [3.63, 3.8) is 0 Å². The van der Waals surface area contributed by atoms with E-state index in [0.29, 0.717) is 12.2 Å². The first kappa shape index (κ1) is 13.4. The molecule has 1 aromatic rings. The van der Waals surface area contributed by atoms with Crippen molar-refractivity contribution in [2.75, 3.05) is 18.8 Å². The van der Waals surface area contributed by atoms with Gasteiger partial charge in [-0.3, -0.25) is 4.79 Å². The van der Waals surface area contributed by atoms with E-state index in [0.717, 1.165) is 37.2 Å². The summed E-state index contributed by atoms with van der Waals surface area (Å²) in [6, 6.07) is 6.90. The SMILES string of the molecule is O=C1CCCN1CCCSCc1ccccc1F. The van der Waals surface area contributed by atoms with Gasteiger partial charge in [-0.05, 0) is 30.2 Å². The fourth-order valence-electron chi connectivity index (χ4n) is 2.10. The van der Waals surface area contributed by atoms with Crippen LogP contribution in [0.15, 0.2) is 24.3 Å². The zero-order valence-corrected chi connectivity index (χ0v) is 11.2. The highest BCUT2D eigenvalue weighted by Crippen LogP contribution is 2.17. The molecule has 4 heteroatoms. The summed E-state index contributed by atoms with van der Waals surface area (Å²) in [5.41, 5.74) is 0.764. The quantitative estimate of drug-likeness (QED) is 0.738. The van der Waals surface area contributed by atoms with Gasteiger partial charge in [-0.2, -0.15) is 11.8 Å². The molecule has 0 radical (unpaired) electrons. The average molecular weight is 267 g/mol. The second-order valence-electron chi connectivity index (χ2n) is 4.48. The molecule has 1 heterocycles. The standard InChI is InChI=1S/C14H18FNOS/c15-13-6-2-1-5-12(13)11-18-10-4-9-16-8-3-7-14(16)17/h1-2,5-6H,3-4,7-11H2. The fraction of sp³-hybridized carbons (Fsp3) is 0.500. The monoisotopic (exact) mass is 267 g/mol. The molecule has 0 spiro atoms. The van der Waals surface area contributed by atoms with Crippen molar-refractivity contribution < 1.29 is 9.18 Å². The van der Waals surface area contributed by atoms with Gasteiger partial charge >= 0.3 is 0 Å². The third kappa shape index (κ3) is 3.73. The smallest absolute Gasteiger partial charge is 0.222 e. The first-order chi connectivity index (χ1) is 8.77. The Kier molecular flexibility index (Phi) is 5.05. The zero-order chi connectivity index (χ0) is 12.8. The van der Waals surface area contributed by atoms with Crippen LogP contribution in [-0.4, -0.2) is 29.6 Å². The average Bonchev–Trinajstić information content (AvgIpc) is 2.77. The number of hydrogen-bond acceptors (Lipinski definition) is 2. The largest absolute Gasteiger partial charge is 0.343 e. The van der Waals surface area contributed by atoms with E-state index in [1.165, 1.54) is 6.07 Å². The first-order valence-corrected chi connectivity index (χ1v) is 7.52. The Morgan fingerprint density at radius 3 is 2.89 bits per heavy atom. The van der Waals surface area contributed by atoms with Crippen molar-refractivity contribution in [1.29, 1.82) is 0 Å². The van der Waals surface area contributed by atoms with Crippen molar-refractivity contribution in [3.8, 4) is 0 Å². The van der Waals surface area contributed by atoms with Gasteiger partial charge in [-0.1, -0.05) is 18.2 Å². The maximum Gasteiger partial charge on any atom is 0.222 e. The van der Waals surface area contributed by atoms with Crippen molar-refractivity contribution in [2.45, 2.75) is 25.0 Å². The van der Waals surface area contributed by atoms with Gasteiger partial charge < -0.3 is 4.90 Å². The topological polar surface area (TPSA) is 20.3 Å². The fourth-order valence-corrected chi connectivity index (χ4v) is 3.03. The number of nitrogens with zero attached hydrogens (tertiary/aromatic N) is 1. The molecule has 1 aliphatic heterocycles. The van der Waals surface area contributed by atoms with Gasteiger partial charge in [0, 0.05) is 25.3 Å². The Morgan fingerprint density at radius 2 is 2.17 bits per heavy atom. The molecule has 0 aromatic heterocycles. The molecule has 1 aliphatic rings. The predicted molar refractivity (Wildman–Crippen MR) is 73.0 cm³/mol. The highest BCUT2D eigenvalue weighted by atomic mass is 32.2. The highest BCUT2D eigenvalue weighted by molar-refractivity contribution is 7.98. The molecule has 2 nitrogen and oxygen atoms in total. The van der Waals surface area contributed by atoms with E-state index in [2.05, 4.69) is 0 Å². The second kappa shape index (κ2) is 6.78. The van der Waals surface area contributed by atoms with Gasteiger partial charge in [-0.25, -0.2) is 4.39 Å². The van der Waals surface area contributed by atoms with Gasteiger partial charge in [0.2, 0.25) is 5.91 Å². The van der Waals surface area contributed by atoms with Gasteiger partial charge in [0.15, 0.2) is 0 Å². The molecule has 1 aromatic carbocycles. The number of carbonyl (C=O) groups excluding carboxylic acids is 1. The molecule has 2 rings (SSSR count). The van der Waals surface area contributed by atoms with Gasteiger partial charge in [0.1, 0.15) is 5.82 Å². The Morgan fingerprint density at radius 1 is 1.33 bits per heavy atom. The first-order valence-electron chi connectivity index (χ1n) is 6.36. The van der Waals surface area contributed by atoms with Crippen LogP contribution in [0.5, 0.6) is 0 Å². The van der Waals surface area contributed by atoms with Crippen LogP contribution in [-0.2, 0) is 10.5 Å². The summed E-state index contributed by atoms with van der Waals surface area (Å²) in [7, 11) is 0. The molecule has 0 saturated carbocycles. The number of amides is 1. The third-order valence-electron chi connectivity index (χ3n) is 3.10.